The van der Waals surface area contributed by atoms with E-state index in [2.05, 4.69) is 10.6 Å². The number of carboxylic acid groups (broad SMARTS) is 1. The summed E-state index contributed by atoms with van der Waals surface area (Å²) >= 11 is 0. The number of carbonyl (C=O) groups excluding carboxylic acids is 1. The van der Waals surface area contributed by atoms with E-state index >= 15 is 0 Å². The van der Waals surface area contributed by atoms with Crippen molar-refractivity contribution < 1.29 is 14.7 Å². The van der Waals surface area contributed by atoms with Gasteiger partial charge in [0, 0.05) is 26.2 Å². The van der Waals surface area contributed by atoms with Crippen LogP contribution >= 0.6 is 0 Å². The van der Waals surface area contributed by atoms with Crippen LogP contribution in [-0.4, -0.2) is 59.6 Å². The van der Waals surface area contributed by atoms with Gasteiger partial charge < -0.3 is 15.3 Å². The van der Waals surface area contributed by atoms with E-state index in [1.807, 2.05) is 11.8 Å². The van der Waals surface area contributed by atoms with Gasteiger partial charge in [0.05, 0.1) is 18.0 Å². The van der Waals surface area contributed by atoms with Gasteiger partial charge in [0.1, 0.15) is 0 Å². The SMILES string of the molecule is CC(NC1(CC(=O)O)CNC1)C(=O)N1CCCC1. The molecule has 2 rings (SSSR count). The van der Waals surface area contributed by atoms with E-state index in [1.165, 1.54) is 0 Å². The second-order valence-electron chi connectivity index (χ2n) is 5.35. The Morgan fingerprint density at radius 1 is 1.39 bits per heavy atom. The van der Waals surface area contributed by atoms with Gasteiger partial charge in [-0.25, -0.2) is 0 Å². The van der Waals surface area contributed by atoms with E-state index < -0.39 is 11.5 Å². The van der Waals surface area contributed by atoms with Crippen molar-refractivity contribution in [3.05, 3.63) is 0 Å². The first-order valence-corrected chi connectivity index (χ1v) is 6.51. The van der Waals surface area contributed by atoms with E-state index in [-0.39, 0.29) is 18.4 Å². The predicted molar refractivity (Wildman–Crippen MR) is 66.3 cm³/mol. The van der Waals surface area contributed by atoms with Crippen LogP contribution in [-0.2, 0) is 9.59 Å². The Morgan fingerprint density at radius 2 is 2.00 bits per heavy atom. The number of likely N-dealkylation sites (tertiary alicyclic amines) is 1. The molecule has 0 aromatic heterocycles. The monoisotopic (exact) mass is 255 g/mol. The summed E-state index contributed by atoms with van der Waals surface area (Å²) in [7, 11) is 0. The molecule has 0 saturated carbocycles. The van der Waals surface area contributed by atoms with Crippen LogP contribution in [0.5, 0.6) is 0 Å². The summed E-state index contributed by atoms with van der Waals surface area (Å²) in [5.41, 5.74) is -0.458. The van der Waals surface area contributed by atoms with Gasteiger partial charge in [0.2, 0.25) is 5.91 Å². The minimum Gasteiger partial charge on any atom is -0.481 e. The molecule has 1 amide bonds. The van der Waals surface area contributed by atoms with Crippen LogP contribution in [0, 0.1) is 0 Å². The molecule has 0 aliphatic carbocycles. The van der Waals surface area contributed by atoms with E-state index in [0.29, 0.717) is 13.1 Å². The molecule has 1 unspecified atom stereocenters. The molecule has 6 nitrogen and oxygen atoms in total. The Labute approximate surface area is 107 Å². The van der Waals surface area contributed by atoms with Crippen LogP contribution in [0.15, 0.2) is 0 Å². The van der Waals surface area contributed by atoms with Crippen LogP contribution in [0.4, 0.5) is 0 Å². The number of nitrogens with one attached hydrogen (secondary N) is 2. The summed E-state index contributed by atoms with van der Waals surface area (Å²) in [6.07, 6.45) is 2.19. The van der Waals surface area contributed by atoms with E-state index in [0.717, 1.165) is 25.9 Å². The summed E-state index contributed by atoms with van der Waals surface area (Å²) in [5.74, 6) is -0.742. The molecule has 2 heterocycles. The number of carboxylic acids is 1. The van der Waals surface area contributed by atoms with Gasteiger partial charge in [-0.15, -0.1) is 0 Å². The molecule has 0 radical (unpaired) electrons. The summed E-state index contributed by atoms with van der Waals surface area (Å²) in [5, 5.41) is 15.2. The standard InChI is InChI=1S/C12H21N3O3/c1-9(11(18)15-4-2-3-5-15)14-12(6-10(16)17)7-13-8-12/h9,13-14H,2-8H2,1H3,(H,16,17). The minimum atomic E-state index is -0.829. The van der Waals surface area contributed by atoms with Crippen LogP contribution in [0.1, 0.15) is 26.2 Å². The number of hydrogen-bond donors (Lipinski definition) is 3. The number of carbonyl (C=O) groups is 2. The lowest BCUT2D eigenvalue weighted by Crippen LogP contribution is -2.71. The first-order valence-electron chi connectivity index (χ1n) is 6.51. The summed E-state index contributed by atoms with van der Waals surface area (Å²) in [6.45, 7) is 4.69. The van der Waals surface area contributed by atoms with Crippen molar-refractivity contribution in [2.24, 2.45) is 0 Å². The summed E-state index contributed by atoms with van der Waals surface area (Å²) in [6, 6.07) is -0.315. The van der Waals surface area contributed by atoms with Crippen molar-refractivity contribution in [1.82, 2.24) is 15.5 Å². The Kier molecular flexibility index (Phi) is 3.87. The highest BCUT2D eigenvalue weighted by Crippen LogP contribution is 2.18. The quantitative estimate of drug-likeness (QED) is 0.611. The van der Waals surface area contributed by atoms with E-state index in [1.54, 1.807) is 0 Å². The first-order chi connectivity index (χ1) is 8.52. The van der Waals surface area contributed by atoms with Crippen molar-refractivity contribution in [3.8, 4) is 0 Å². The number of aliphatic carboxylic acids is 1. The molecule has 0 bridgehead atoms. The molecule has 2 aliphatic heterocycles. The lowest BCUT2D eigenvalue weighted by Gasteiger charge is -2.44. The Balaban J connectivity index is 1.90. The van der Waals surface area contributed by atoms with Gasteiger partial charge in [0.25, 0.3) is 0 Å². The largest absolute Gasteiger partial charge is 0.481 e. The zero-order chi connectivity index (χ0) is 13.2. The van der Waals surface area contributed by atoms with Gasteiger partial charge in [-0.3, -0.25) is 14.9 Å². The highest BCUT2D eigenvalue weighted by molar-refractivity contribution is 5.82. The van der Waals surface area contributed by atoms with Gasteiger partial charge in [-0.1, -0.05) is 0 Å². The molecule has 6 heteroatoms. The zero-order valence-corrected chi connectivity index (χ0v) is 10.7. The fourth-order valence-electron chi connectivity index (χ4n) is 2.73. The number of nitrogens with zero attached hydrogens (tertiary/aromatic N) is 1. The Morgan fingerprint density at radius 3 is 2.44 bits per heavy atom. The molecule has 1 atom stereocenters. The average molecular weight is 255 g/mol. The number of rotatable bonds is 5. The average Bonchev–Trinajstić information content (AvgIpc) is 2.77. The lowest BCUT2D eigenvalue weighted by atomic mass is 9.87. The first kappa shape index (κ1) is 13.3. The van der Waals surface area contributed by atoms with Crippen LogP contribution in [0.25, 0.3) is 0 Å². The van der Waals surface area contributed by atoms with Gasteiger partial charge in [0.15, 0.2) is 0 Å². The van der Waals surface area contributed by atoms with Crippen molar-refractivity contribution in [3.63, 3.8) is 0 Å². The number of amides is 1. The van der Waals surface area contributed by atoms with Gasteiger partial charge >= 0.3 is 5.97 Å². The fourth-order valence-corrected chi connectivity index (χ4v) is 2.73. The maximum Gasteiger partial charge on any atom is 0.305 e. The molecule has 2 fully saturated rings. The molecular weight excluding hydrogens is 234 g/mol. The Bertz CT molecular complexity index is 335. The minimum absolute atomic E-state index is 0.0532. The zero-order valence-electron chi connectivity index (χ0n) is 10.7. The summed E-state index contributed by atoms with van der Waals surface area (Å²) < 4.78 is 0. The predicted octanol–water partition coefficient (Wildman–Crippen LogP) is -0.596. The van der Waals surface area contributed by atoms with Crippen molar-refractivity contribution in [2.45, 2.75) is 37.8 Å². The van der Waals surface area contributed by atoms with Gasteiger partial charge in [-0.2, -0.15) is 0 Å². The van der Waals surface area contributed by atoms with E-state index in [9.17, 15) is 9.59 Å². The lowest BCUT2D eigenvalue weighted by molar-refractivity contribution is -0.140. The number of hydrogen-bond acceptors (Lipinski definition) is 4. The molecular formula is C12H21N3O3. The molecule has 0 aromatic rings. The molecule has 2 aliphatic rings. The second kappa shape index (κ2) is 5.24. The maximum absolute atomic E-state index is 12.1. The highest BCUT2D eigenvalue weighted by atomic mass is 16.4. The van der Waals surface area contributed by atoms with Gasteiger partial charge in [-0.05, 0) is 19.8 Å². The third kappa shape index (κ3) is 2.81. The third-order valence-corrected chi connectivity index (χ3v) is 3.73. The third-order valence-electron chi connectivity index (χ3n) is 3.73. The van der Waals surface area contributed by atoms with E-state index in [4.69, 9.17) is 5.11 Å². The fraction of sp³-hybridized carbons (Fsp3) is 0.833. The van der Waals surface area contributed by atoms with Crippen molar-refractivity contribution >= 4 is 11.9 Å². The molecule has 3 N–H and O–H groups in total. The highest BCUT2D eigenvalue weighted by Gasteiger charge is 2.41. The Hall–Kier alpha value is -1.14. The van der Waals surface area contributed by atoms with Crippen molar-refractivity contribution in [2.75, 3.05) is 26.2 Å². The normalized spacial score (nSPS) is 23.5. The molecule has 0 spiro atoms. The smallest absolute Gasteiger partial charge is 0.305 e. The topological polar surface area (TPSA) is 81.7 Å². The van der Waals surface area contributed by atoms with Crippen LogP contribution in [0.2, 0.25) is 0 Å². The summed E-state index contributed by atoms with van der Waals surface area (Å²) in [4.78, 5) is 24.9. The molecule has 0 aromatic carbocycles. The van der Waals surface area contributed by atoms with Crippen LogP contribution in [0.3, 0.4) is 0 Å². The maximum atomic E-state index is 12.1. The van der Waals surface area contributed by atoms with Crippen LogP contribution < -0.4 is 10.6 Å². The van der Waals surface area contributed by atoms with Crippen molar-refractivity contribution in [1.29, 1.82) is 0 Å². The second-order valence-corrected chi connectivity index (χ2v) is 5.35. The molecule has 2 saturated heterocycles. The molecule has 102 valence electrons. The molecule has 18 heavy (non-hydrogen) atoms.